The van der Waals surface area contributed by atoms with E-state index >= 15 is 0 Å². The third kappa shape index (κ3) is 3.32. The van der Waals surface area contributed by atoms with Crippen LogP contribution in [0.3, 0.4) is 0 Å². The Morgan fingerprint density at radius 3 is 2.39 bits per heavy atom. The molecule has 2 atom stereocenters. The fraction of sp³-hybridized carbons (Fsp3) is 0.120. The van der Waals surface area contributed by atoms with E-state index in [1.54, 1.807) is 43.5 Å². The molecule has 0 spiro atoms. The lowest BCUT2D eigenvalue weighted by Crippen LogP contribution is -2.35. The quantitative estimate of drug-likeness (QED) is 0.504. The van der Waals surface area contributed by atoms with Gasteiger partial charge in [-0.15, -0.1) is 0 Å². The predicted octanol–water partition coefficient (Wildman–Crippen LogP) is 4.33. The second-order valence-electron chi connectivity index (χ2n) is 7.27. The van der Waals surface area contributed by atoms with Gasteiger partial charge in [0, 0.05) is 5.69 Å². The van der Waals surface area contributed by atoms with Crippen LogP contribution in [0.2, 0.25) is 0 Å². The first-order valence-electron chi connectivity index (χ1n) is 9.88. The van der Waals surface area contributed by atoms with Crippen molar-refractivity contribution in [2.24, 2.45) is 0 Å². The number of methoxy groups -OCH3 is 1. The van der Waals surface area contributed by atoms with Crippen molar-refractivity contribution in [2.75, 3.05) is 12.4 Å². The highest BCUT2D eigenvalue weighted by molar-refractivity contribution is 5.97. The van der Waals surface area contributed by atoms with E-state index in [2.05, 4.69) is 5.32 Å². The van der Waals surface area contributed by atoms with Gasteiger partial charge < -0.3 is 19.2 Å². The summed E-state index contributed by atoms with van der Waals surface area (Å²) >= 11 is 0. The maximum absolute atomic E-state index is 13.3. The number of amides is 1. The number of benzene rings is 3. The zero-order chi connectivity index (χ0) is 21.4. The van der Waals surface area contributed by atoms with Crippen LogP contribution in [-0.4, -0.2) is 19.1 Å². The van der Waals surface area contributed by atoms with Gasteiger partial charge in [-0.05, 0) is 42.0 Å². The van der Waals surface area contributed by atoms with Crippen LogP contribution in [0.15, 0.2) is 88.1 Å². The zero-order valence-electron chi connectivity index (χ0n) is 16.7. The molecule has 1 N–H and O–H groups in total. The van der Waals surface area contributed by atoms with E-state index in [4.69, 9.17) is 13.9 Å². The summed E-state index contributed by atoms with van der Waals surface area (Å²) in [6.07, 6.45) is -0.923. The van der Waals surface area contributed by atoms with Crippen LogP contribution in [0.1, 0.15) is 17.0 Å². The average molecular weight is 413 g/mol. The molecule has 1 aliphatic heterocycles. The smallest absolute Gasteiger partial charge is 0.344 e. The Kier molecular flexibility index (Phi) is 4.67. The minimum atomic E-state index is -0.923. The predicted molar refractivity (Wildman–Crippen MR) is 117 cm³/mol. The van der Waals surface area contributed by atoms with Crippen molar-refractivity contribution >= 4 is 22.6 Å². The normalized spacial score (nSPS) is 17.1. The number of para-hydroxylation sites is 1. The maximum atomic E-state index is 13.3. The van der Waals surface area contributed by atoms with Crippen LogP contribution in [0, 0.1) is 0 Å². The molecule has 31 heavy (non-hydrogen) atoms. The number of hydrogen-bond acceptors (Lipinski definition) is 5. The number of anilines is 1. The second-order valence-corrected chi connectivity index (χ2v) is 7.27. The van der Waals surface area contributed by atoms with Crippen LogP contribution >= 0.6 is 0 Å². The fourth-order valence-corrected chi connectivity index (χ4v) is 3.97. The summed E-state index contributed by atoms with van der Waals surface area (Å²) in [6.45, 7) is 0. The van der Waals surface area contributed by atoms with E-state index < -0.39 is 17.6 Å². The summed E-state index contributed by atoms with van der Waals surface area (Å²) in [4.78, 5) is 26.2. The van der Waals surface area contributed by atoms with Crippen LogP contribution in [-0.2, 0) is 4.79 Å². The van der Waals surface area contributed by atoms with Crippen molar-refractivity contribution in [3.63, 3.8) is 0 Å². The van der Waals surface area contributed by atoms with Crippen molar-refractivity contribution in [1.82, 2.24) is 0 Å². The highest BCUT2D eigenvalue weighted by atomic mass is 16.5. The Labute approximate surface area is 178 Å². The van der Waals surface area contributed by atoms with E-state index in [1.165, 1.54) is 0 Å². The maximum Gasteiger partial charge on any atom is 0.344 e. The molecule has 1 aliphatic rings. The number of rotatable bonds is 4. The largest absolute Gasteiger partial charge is 0.497 e. The molecule has 3 aromatic carbocycles. The summed E-state index contributed by atoms with van der Waals surface area (Å²) in [5.74, 6) is 0.151. The monoisotopic (exact) mass is 413 g/mol. The standard InChI is InChI=1S/C25H19NO5/c1-29-17-13-11-16(12-14-17)26-24(27)23-20(15-7-3-2-4-8-15)21-22(31-23)18-9-5-6-10-19(18)30-25(21)28/h2-14,20,23H,1H3,(H,26,27)/t20-,23+/m0/s1. The Morgan fingerprint density at radius 1 is 0.935 bits per heavy atom. The number of nitrogens with one attached hydrogen (secondary N) is 1. The first-order chi connectivity index (χ1) is 15.2. The van der Waals surface area contributed by atoms with Crippen LogP contribution in [0.4, 0.5) is 5.69 Å². The van der Waals surface area contributed by atoms with Gasteiger partial charge in [-0.25, -0.2) is 4.79 Å². The second kappa shape index (κ2) is 7.65. The molecule has 6 nitrogen and oxygen atoms in total. The average Bonchev–Trinajstić information content (AvgIpc) is 3.22. The SMILES string of the molecule is COc1ccc(NC(=O)[C@@H]2Oc3c(c(=O)oc4ccccc34)[C@@H]2c2ccccc2)cc1. The van der Waals surface area contributed by atoms with Crippen molar-refractivity contribution in [3.8, 4) is 11.5 Å². The Balaban J connectivity index is 1.59. The number of hydrogen-bond donors (Lipinski definition) is 1. The van der Waals surface area contributed by atoms with Crippen molar-refractivity contribution < 1.29 is 18.7 Å². The Morgan fingerprint density at radius 2 is 1.65 bits per heavy atom. The third-order valence-electron chi connectivity index (χ3n) is 5.43. The van der Waals surface area contributed by atoms with E-state index in [-0.39, 0.29) is 5.91 Å². The van der Waals surface area contributed by atoms with Gasteiger partial charge in [0.15, 0.2) is 6.10 Å². The molecule has 0 bridgehead atoms. The Bertz CT molecular complexity index is 1310. The summed E-state index contributed by atoms with van der Waals surface area (Å²) in [5.41, 5.74) is 1.70. The lowest BCUT2D eigenvalue weighted by Gasteiger charge is -2.18. The van der Waals surface area contributed by atoms with E-state index in [9.17, 15) is 9.59 Å². The van der Waals surface area contributed by atoms with Gasteiger partial charge in [0.05, 0.1) is 24.0 Å². The molecular formula is C25H19NO5. The van der Waals surface area contributed by atoms with Crippen molar-refractivity contribution in [2.45, 2.75) is 12.0 Å². The van der Waals surface area contributed by atoms with E-state index in [1.807, 2.05) is 42.5 Å². The molecule has 6 heteroatoms. The summed E-state index contributed by atoms with van der Waals surface area (Å²) in [5, 5.41) is 3.55. The first kappa shape index (κ1) is 18.9. The molecule has 0 saturated carbocycles. The molecule has 154 valence electrons. The molecule has 0 unspecified atom stereocenters. The van der Waals surface area contributed by atoms with Crippen molar-refractivity contribution in [3.05, 3.63) is 100 Å². The topological polar surface area (TPSA) is 77.8 Å². The highest BCUT2D eigenvalue weighted by Gasteiger charge is 2.44. The molecule has 0 radical (unpaired) electrons. The molecule has 2 heterocycles. The number of carbonyl (C=O) groups is 1. The van der Waals surface area contributed by atoms with Gasteiger partial charge >= 0.3 is 5.63 Å². The summed E-state index contributed by atoms with van der Waals surface area (Å²) in [6, 6.07) is 23.6. The fourth-order valence-electron chi connectivity index (χ4n) is 3.97. The van der Waals surface area contributed by atoms with Crippen LogP contribution in [0.5, 0.6) is 11.5 Å². The molecule has 5 rings (SSSR count). The lowest BCUT2D eigenvalue weighted by atomic mass is 9.88. The highest BCUT2D eigenvalue weighted by Crippen LogP contribution is 2.44. The summed E-state index contributed by atoms with van der Waals surface area (Å²) in [7, 11) is 1.58. The summed E-state index contributed by atoms with van der Waals surface area (Å²) < 4.78 is 16.9. The van der Waals surface area contributed by atoms with Gasteiger partial charge in [-0.1, -0.05) is 42.5 Å². The van der Waals surface area contributed by atoms with Crippen molar-refractivity contribution in [1.29, 1.82) is 0 Å². The first-order valence-corrected chi connectivity index (χ1v) is 9.88. The molecule has 4 aromatic rings. The minimum Gasteiger partial charge on any atom is -0.497 e. The number of fused-ring (bicyclic) bond motifs is 3. The minimum absolute atomic E-state index is 0.348. The molecule has 0 fully saturated rings. The zero-order valence-corrected chi connectivity index (χ0v) is 16.7. The van der Waals surface area contributed by atoms with Gasteiger partial charge in [-0.2, -0.15) is 0 Å². The lowest BCUT2D eigenvalue weighted by molar-refractivity contribution is -0.122. The molecule has 0 aliphatic carbocycles. The van der Waals surface area contributed by atoms with Crippen LogP contribution < -0.4 is 20.4 Å². The third-order valence-corrected chi connectivity index (χ3v) is 5.43. The van der Waals surface area contributed by atoms with E-state index in [0.717, 1.165) is 5.56 Å². The Hall–Kier alpha value is -4.06. The number of ether oxygens (including phenoxy) is 2. The van der Waals surface area contributed by atoms with Gasteiger partial charge in [-0.3, -0.25) is 4.79 Å². The van der Waals surface area contributed by atoms with Gasteiger partial charge in [0.2, 0.25) is 0 Å². The van der Waals surface area contributed by atoms with Gasteiger partial charge in [0.1, 0.15) is 17.1 Å². The van der Waals surface area contributed by atoms with Gasteiger partial charge in [0.25, 0.3) is 5.91 Å². The van der Waals surface area contributed by atoms with Crippen LogP contribution in [0.25, 0.3) is 11.0 Å². The number of carbonyl (C=O) groups excluding carboxylic acids is 1. The molecule has 1 amide bonds. The molecular weight excluding hydrogens is 394 g/mol. The van der Waals surface area contributed by atoms with E-state index in [0.29, 0.717) is 33.7 Å². The molecule has 0 saturated heterocycles. The molecule has 1 aromatic heterocycles.